The number of carbonyl (C=O) groups excluding carboxylic acids is 1. The van der Waals surface area contributed by atoms with Gasteiger partial charge in [-0.15, -0.1) is 11.6 Å². The molecule has 2 atom stereocenters. The molecule has 1 N–H and O–H groups in total. The van der Waals surface area contributed by atoms with Crippen molar-refractivity contribution >= 4 is 49.2 Å². The summed E-state index contributed by atoms with van der Waals surface area (Å²) in [5, 5.41) is 10.0. The zero-order valence-electron chi connectivity index (χ0n) is 13.8. The number of para-hydroxylation sites is 1. The summed E-state index contributed by atoms with van der Waals surface area (Å²) in [7, 11) is -3.35. The zero-order chi connectivity index (χ0) is 20.2. The SMILES string of the molecule is COC(=O)[C@@H](NS(=O)(=O)c1ccccc1[N+](=O)[O-])[C@@H](Cl)c1ccc(Br)cc1. The van der Waals surface area contributed by atoms with E-state index in [1.807, 2.05) is 0 Å². The molecule has 0 aromatic heterocycles. The third-order valence-corrected chi connectivity index (χ3v) is 6.09. The number of hydrogen-bond donors (Lipinski definition) is 1. The maximum Gasteiger partial charge on any atom is 0.325 e. The minimum atomic E-state index is -4.44. The number of hydrogen-bond acceptors (Lipinski definition) is 6. The molecule has 0 saturated carbocycles. The van der Waals surface area contributed by atoms with E-state index in [1.165, 1.54) is 12.1 Å². The summed E-state index contributed by atoms with van der Waals surface area (Å²) in [5.74, 6) is -0.930. The first-order chi connectivity index (χ1) is 12.7. The first-order valence-corrected chi connectivity index (χ1v) is 10.1. The lowest BCUT2D eigenvalue weighted by atomic mass is 10.1. The van der Waals surface area contributed by atoms with Gasteiger partial charge in [-0.05, 0) is 23.8 Å². The summed E-state index contributed by atoms with van der Waals surface area (Å²) < 4.78 is 32.9. The maximum atomic E-state index is 12.7. The van der Waals surface area contributed by atoms with Crippen LogP contribution in [0.25, 0.3) is 0 Å². The monoisotopic (exact) mass is 476 g/mol. The molecule has 0 aliphatic heterocycles. The summed E-state index contributed by atoms with van der Waals surface area (Å²) >= 11 is 9.58. The molecule has 2 rings (SSSR count). The first kappa shape index (κ1) is 21.3. The maximum absolute atomic E-state index is 12.7. The first-order valence-electron chi connectivity index (χ1n) is 7.40. The van der Waals surface area contributed by atoms with Crippen molar-refractivity contribution < 1.29 is 22.9 Å². The van der Waals surface area contributed by atoms with Crippen molar-refractivity contribution in [2.75, 3.05) is 7.11 Å². The molecule has 0 spiro atoms. The summed E-state index contributed by atoms with van der Waals surface area (Å²) in [6.07, 6.45) is 0. The van der Waals surface area contributed by atoms with Crippen LogP contribution >= 0.6 is 27.5 Å². The van der Waals surface area contributed by atoms with Crippen LogP contribution in [0.4, 0.5) is 5.69 Å². The highest BCUT2D eigenvalue weighted by Gasteiger charge is 2.36. The van der Waals surface area contributed by atoms with E-state index < -0.39 is 42.9 Å². The molecular formula is C16H14BrClN2O6S. The van der Waals surface area contributed by atoms with Gasteiger partial charge in [0.05, 0.1) is 17.4 Å². The van der Waals surface area contributed by atoms with Gasteiger partial charge < -0.3 is 4.74 Å². The lowest BCUT2D eigenvalue weighted by Crippen LogP contribution is -2.44. The number of carbonyl (C=O) groups is 1. The van der Waals surface area contributed by atoms with Crippen LogP contribution in [0, 0.1) is 10.1 Å². The molecule has 2 aromatic rings. The second-order valence-electron chi connectivity index (χ2n) is 5.30. The van der Waals surface area contributed by atoms with E-state index in [9.17, 15) is 23.3 Å². The van der Waals surface area contributed by atoms with Crippen LogP contribution in [0.15, 0.2) is 57.9 Å². The molecule has 0 heterocycles. The molecule has 27 heavy (non-hydrogen) atoms. The van der Waals surface area contributed by atoms with E-state index in [-0.39, 0.29) is 0 Å². The Labute approximate surface area is 168 Å². The Kier molecular flexibility index (Phi) is 6.93. The Bertz CT molecular complexity index is 952. The van der Waals surface area contributed by atoms with E-state index in [0.717, 1.165) is 23.7 Å². The van der Waals surface area contributed by atoms with E-state index in [2.05, 4.69) is 25.4 Å². The number of ether oxygens (including phenoxy) is 1. The number of methoxy groups -OCH3 is 1. The number of esters is 1. The Hall–Kier alpha value is -2.01. The Morgan fingerprint density at radius 2 is 1.81 bits per heavy atom. The minimum Gasteiger partial charge on any atom is -0.468 e. The molecule has 0 bridgehead atoms. The number of nitro groups is 1. The van der Waals surface area contributed by atoms with Gasteiger partial charge in [-0.25, -0.2) is 8.42 Å². The van der Waals surface area contributed by atoms with Gasteiger partial charge in [-0.3, -0.25) is 14.9 Å². The summed E-state index contributed by atoms with van der Waals surface area (Å²) in [6, 6.07) is 9.86. The van der Waals surface area contributed by atoms with Crippen LogP contribution in [0.5, 0.6) is 0 Å². The number of rotatable bonds is 7. The second kappa shape index (κ2) is 8.79. The van der Waals surface area contributed by atoms with Crippen LogP contribution in [0.1, 0.15) is 10.9 Å². The van der Waals surface area contributed by atoms with Crippen LogP contribution < -0.4 is 4.72 Å². The lowest BCUT2D eigenvalue weighted by Gasteiger charge is -2.21. The van der Waals surface area contributed by atoms with Crippen LogP contribution in [-0.2, 0) is 19.6 Å². The molecule has 11 heteroatoms. The number of nitro benzene ring substituents is 1. The molecule has 0 amide bonds. The van der Waals surface area contributed by atoms with Crippen molar-refractivity contribution in [1.29, 1.82) is 0 Å². The highest BCUT2D eigenvalue weighted by Crippen LogP contribution is 2.29. The fourth-order valence-electron chi connectivity index (χ4n) is 2.26. The quantitative estimate of drug-likeness (QED) is 0.283. The topological polar surface area (TPSA) is 116 Å². The number of nitrogens with one attached hydrogen (secondary N) is 1. The van der Waals surface area contributed by atoms with Crippen molar-refractivity contribution in [2.24, 2.45) is 0 Å². The van der Waals surface area contributed by atoms with Gasteiger partial charge in [0.1, 0.15) is 6.04 Å². The minimum absolute atomic E-state index is 0.459. The molecule has 0 saturated heterocycles. The van der Waals surface area contributed by atoms with Crippen LogP contribution in [0.3, 0.4) is 0 Å². The number of sulfonamides is 1. The van der Waals surface area contributed by atoms with Crippen molar-refractivity contribution in [2.45, 2.75) is 16.3 Å². The average molecular weight is 478 g/mol. The Morgan fingerprint density at radius 1 is 1.22 bits per heavy atom. The second-order valence-corrected chi connectivity index (χ2v) is 8.37. The highest BCUT2D eigenvalue weighted by molar-refractivity contribution is 9.10. The third-order valence-electron chi connectivity index (χ3n) is 3.57. The number of alkyl halides is 1. The largest absolute Gasteiger partial charge is 0.468 e. The third kappa shape index (κ3) is 5.04. The molecule has 144 valence electrons. The predicted molar refractivity (Wildman–Crippen MR) is 102 cm³/mol. The van der Waals surface area contributed by atoms with Gasteiger partial charge >= 0.3 is 5.97 Å². The van der Waals surface area contributed by atoms with E-state index in [4.69, 9.17) is 11.6 Å². The van der Waals surface area contributed by atoms with Gasteiger partial charge in [0.25, 0.3) is 5.69 Å². The van der Waals surface area contributed by atoms with Crippen LogP contribution in [-0.4, -0.2) is 32.5 Å². The molecule has 0 aliphatic rings. The van der Waals surface area contributed by atoms with Gasteiger partial charge in [0, 0.05) is 10.5 Å². The number of halogens is 2. The highest BCUT2D eigenvalue weighted by atomic mass is 79.9. The van der Waals surface area contributed by atoms with E-state index in [0.29, 0.717) is 5.56 Å². The fourth-order valence-corrected chi connectivity index (χ4v) is 4.28. The smallest absolute Gasteiger partial charge is 0.325 e. The van der Waals surface area contributed by atoms with Gasteiger partial charge in [-0.2, -0.15) is 4.72 Å². The van der Waals surface area contributed by atoms with Gasteiger partial charge in [0.2, 0.25) is 10.0 Å². The Balaban J connectivity index is 2.42. The molecule has 8 nitrogen and oxygen atoms in total. The van der Waals surface area contributed by atoms with Crippen molar-refractivity contribution in [1.82, 2.24) is 4.72 Å². The van der Waals surface area contributed by atoms with Gasteiger partial charge in [-0.1, -0.05) is 40.2 Å². The summed E-state index contributed by atoms with van der Waals surface area (Å²) in [6.45, 7) is 0. The van der Waals surface area contributed by atoms with E-state index in [1.54, 1.807) is 24.3 Å². The standard InChI is InChI=1S/C16H14BrClN2O6S/c1-26-16(21)15(14(18)10-6-8-11(17)9-7-10)19-27(24,25)13-5-3-2-4-12(13)20(22)23/h2-9,14-15,19H,1H3/t14-,15-/m0/s1. The molecule has 0 radical (unpaired) electrons. The predicted octanol–water partition coefficient (Wildman–Crippen LogP) is 3.16. The molecule has 2 aromatic carbocycles. The van der Waals surface area contributed by atoms with Gasteiger partial charge in [0.15, 0.2) is 4.90 Å². The van der Waals surface area contributed by atoms with Crippen molar-refractivity contribution in [3.8, 4) is 0 Å². The normalized spacial score (nSPS) is 13.6. The lowest BCUT2D eigenvalue weighted by molar-refractivity contribution is -0.387. The fraction of sp³-hybridized carbons (Fsp3) is 0.188. The molecule has 0 fully saturated rings. The molecule has 0 unspecified atom stereocenters. The summed E-state index contributed by atoms with van der Waals surface area (Å²) in [5.41, 5.74) is -0.163. The van der Waals surface area contributed by atoms with Crippen LogP contribution in [0.2, 0.25) is 0 Å². The average Bonchev–Trinajstić information content (AvgIpc) is 2.65. The Morgan fingerprint density at radius 3 is 2.37 bits per heavy atom. The summed E-state index contributed by atoms with van der Waals surface area (Å²) in [4.78, 5) is 21.9. The molecular weight excluding hydrogens is 464 g/mol. The van der Waals surface area contributed by atoms with Crippen molar-refractivity contribution in [3.63, 3.8) is 0 Å². The molecule has 0 aliphatic carbocycles. The van der Waals surface area contributed by atoms with E-state index >= 15 is 0 Å². The number of benzene rings is 2. The zero-order valence-corrected chi connectivity index (χ0v) is 17.0. The number of nitrogens with zero attached hydrogens (tertiary/aromatic N) is 1. The van der Waals surface area contributed by atoms with Crippen molar-refractivity contribution in [3.05, 3.63) is 68.7 Å².